The summed E-state index contributed by atoms with van der Waals surface area (Å²) in [6, 6.07) is 0.938. The highest BCUT2D eigenvalue weighted by Crippen LogP contribution is 2.19. The summed E-state index contributed by atoms with van der Waals surface area (Å²) < 4.78 is 16.5. The van der Waals surface area contributed by atoms with Gasteiger partial charge in [-0.05, 0) is 12.8 Å². The summed E-state index contributed by atoms with van der Waals surface area (Å²) in [6.45, 7) is 0. The van der Waals surface area contributed by atoms with Gasteiger partial charge >= 0.3 is 8.80 Å². The predicted octanol–water partition coefficient (Wildman–Crippen LogP) is 10.9. The molecule has 3 nitrogen and oxygen atoms in total. The molecule has 0 fully saturated rings. The smallest absolute Gasteiger partial charge is 0.377 e. The largest absolute Gasteiger partial charge is 0.500 e. The molecule has 0 aromatic carbocycles. The molecule has 212 valence electrons. The Morgan fingerprint density at radius 1 is 0.343 bits per heavy atom. The molecule has 0 bridgehead atoms. The van der Waals surface area contributed by atoms with Crippen molar-refractivity contribution in [1.82, 2.24) is 0 Å². The number of alkyl halides is 1. The minimum atomic E-state index is -2.34. The van der Waals surface area contributed by atoms with Crippen LogP contribution in [0.15, 0.2) is 0 Å². The molecule has 0 spiro atoms. The first-order chi connectivity index (χ1) is 17.2. The molecule has 0 aliphatic rings. The van der Waals surface area contributed by atoms with Crippen molar-refractivity contribution in [2.24, 2.45) is 0 Å². The molecule has 0 aromatic heterocycles. The molecule has 0 aromatic rings. The van der Waals surface area contributed by atoms with Crippen LogP contribution in [0.2, 0.25) is 6.04 Å². The Morgan fingerprint density at radius 2 is 0.543 bits per heavy atom. The van der Waals surface area contributed by atoms with E-state index in [4.69, 9.17) is 24.9 Å². The van der Waals surface area contributed by atoms with Crippen molar-refractivity contribution in [3.63, 3.8) is 0 Å². The number of unbranched alkanes of at least 4 members (excludes halogenated alkanes) is 24. The van der Waals surface area contributed by atoms with Crippen LogP contribution >= 0.6 is 11.6 Å². The lowest BCUT2D eigenvalue weighted by Gasteiger charge is -2.24. The van der Waals surface area contributed by atoms with E-state index < -0.39 is 8.80 Å². The molecule has 0 radical (unpaired) electrons. The summed E-state index contributed by atoms with van der Waals surface area (Å²) in [5, 5.41) is 0. The third kappa shape index (κ3) is 24.5. The first kappa shape index (κ1) is 35.4. The van der Waals surface area contributed by atoms with Crippen molar-refractivity contribution in [2.45, 2.75) is 167 Å². The van der Waals surface area contributed by atoms with Crippen molar-refractivity contribution in [3.8, 4) is 0 Å². The fourth-order valence-electron chi connectivity index (χ4n) is 5.06. The fraction of sp³-hybridized carbons (Fsp3) is 1.00. The Kier molecular flexibility index (Phi) is 29.3. The van der Waals surface area contributed by atoms with Crippen LogP contribution in [0.3, 0.4) is 0 Å². The Hall–Kier alpha value is 0.387. The lowest BCUT2D eigenvalue weighted by molar-refractivity contribution is 0.122. The highest BCUT2D eigenvalue weighted by atomic mass is 35.5. The molecular formula is C30H63ClO3Si. The normalized spacial score (nSPS) is 12.0. The van der Waals surface area contributed by atoms with Gasteiger partial charge in [-0.25, -0.2) is 0 Å². The molecule has 0 rings (SSSR count). The molecule has 0 saturated heterocycles. The van der Waals surface area contributed by atoms with Gasteiger partial charge in [0.05, 0.1) is 0 Å². The van der Waals surface area contributed by atoms with Crippen LogP contribution in [0.1, 0.15) is 161 Å². The Balaban J connectivity index is 3.14. The van der Waals surface area contributed by atoms with Crippen LogP contribution in [0.5, 0.6) is 0 Å². The van der Waals surface area contributed by atoms with Gasteiger partial charge in [-0.3, -0.25) is 0 Å². The Labute approximate surface area is 227 Å². The zero-order valence-corrected chi connectivity index (χ0v) is 26.0. The SMILES string of the molecule is CO[Si](CCCCCCCCCCCCCCCCCCCCCCCCCCCCl)(OC)OC. The van der Waals surface area contributed by atoms with Crippen molar-refractivity contribution < 1.29 is 13.3 Å². The van der Waals surface area contributed by atoms with Gasteiger partial charge in [-0.2, -0.15) is 0 Å². The zero-order chi connectivity index (χ0) is 25.7. The molecule has 0 aliphatic heterocycles. The van der Waals surface area contributed by atoms with E-state index in [1.165, 1.54) is 154 Å². The van der Waals surface area contributed by atoms with Crippen LogP contribution in [0.25, 0.3) is 0 Å². The molecule has 0 atom stereocenters. The molecule has 0 aliphatic carbocycles. The van der Waals surface area contributed by atoms with Crippen molar-refractivity contribution >= 4 is 20.4 Å². The fourth-order valence-corrected chi connectivity index (χ4v) is 7.04. The second kappa shape index (κ2) is 29.0. The van der Waals surface area contributed by atoms with E-state index in [9.17, 15) is 0 Å². The highest BCUT2D eigenvalue weighted by Gasteiger charge is 2.36. The average Bonchev–Trinajstić information content (AvgIpc) is 2.89. The predicted molar refractivity (Wildman–Crippen MR) is 158 cm³/mol. The number of halogens is 1. The summed E-state index contributed by atoms with van der Waals surface area (Å²) in [5.41, 5.74) is 0. The number of hydrogen-bond acceptors (Lipinski definition) is 3. The van der Waals surface area contributed by atoms with E-state index in [2.05, 4.69) is 0 Å². The van der Waals surface area contributed by atoms with Crippen molar-refractivity contribution in [2.75, 3.05) is 27.2 Å². The van der Waals surface area contributed by atoms with E-state index in [1.54, 1.807) is 21.3 Å². The second-order valence-electron chi connectivity index (χ2n) is 10.6. The average molecular weight is 535 g/mol. The van der Waals surface area contributed by atoms with Gasteiger partial charge in [0.1, 0.15) is 0 Å². The van der Waals surface area contributed by atoms with Crippen LogP contribution in [0.4, 0.5) is 0 Å². The molecule has 0 heterocycles. The van der Waals surface area contributed by atoms with Crippen LogP contribution in [-0.2, 0) is 13.3 Å². The second-order valence-corrected chi connectivity index (χ2v) is 14.0. The van der Waals surface area contributed by atoms with Crippen molar-refractivity contribution in [1.29, 1.82) is 0 Å². The van der Waals surface area contributed by atoms with E-state index in [1.807, 2.05) is 0 Å². The topological polar surface area (TPSA) is 27.7 Å². The van der Waals surface area contributed by atoms with Gasteiger partial charge in [-0.1, -0.05) is 148 Å². The van der Waals surface area contributed by atoms with Gasteiger partial charge in [0, 0.05) is 33.3 Å². The first-order valence-electron chi connectivity index (χ1n) is 15.5. The zero-order valence-electron chi connectivity index (χ0n) is 24.2. The van der Waals surface area contributed by atoms with Gasteiger partial charge in [0.2, 0.25) is 0 Å². The lowest BCUT2D eigenvalue weighted by atomic mass is 10.0. The monoisotopic (exact) mass is 534 g/mol. The maximum Gasteiger partial charge on any atom is 0.500 e. The number of rotatable bonds is 30. The minimum absolute atomic E-state index is 0.839. The third-order valence-corrected chi connectivity index (χ3v) is 10.6. The Morgan fingerprint density at radius 3 is 0.743 bits per heavy atom. The Bertz CT molecular complexity index is 386. The quantitative estimate of drug-likeness (QED) is 0.0520. The van der Waals surface area contributed by atoms with E-state index in [0.29, 0.717) is 0 Å². The third-order valence-electron chi connectivity index (χ3n) is 7.55. The van der Waals surface area contributed by atoms with Gasteiger partial charge in [-0.15, -0.1) is 11.6 Å². The summed E-state index contributed by atoms with van der Waals surface area (Å²) in [6.07, 6.45) is 35.1. The summed E-state index contributed by atoms with van der Waals surface area (Å²) in [5.74, 6) is 0.839. The first-order valence-corrected chi connectivity index (χ1v) is 17.9. The van der Waals surface area contributed by atoms with E-state index in [0.717, 1.165) is 18.3 Å². The van der Waals surface area contributed by atoms with Gasteiger partial charge < -0.3 is 13.3 Å². The molecule has 0 amide bonds. The lowest BCUT2D eigenvalue weighted by Crippen LogP contribution is -2.42. The van der Waals surface area contributed by atoms with Gasteiger partial charge in [0.15, 0.2) is 0 Å². The standard InChI is InChI=1S/C30H63ClO3Si/c1-32-35(33-2,34-3)30-28-26-24-22-20-18-16-14-12-10-8-6-4-5-7-9-11-13-15-17-19-21-23-25-27-29-31/h4-30H2,1-3H3. The van der Waals surface area contributed by atoms with E-state index >= 15 is 0 Å². The maximum absolute atomic E-state index is 5.72. The van der Waals surface area contributed by atoms with E-state index in [-0.39, 0.29) is 0 Å². The molecule has 35 heavy (non-hydrogen) atoms. The summed E-state index contributed by atoms with van der Waals surface area (Å²) >= 11 is 5.72. The molecule has 0 N–H and O–H groups in total. The van der Waals surface area contributed by atoms with Crippen LogP contribution < -0.4 is 0 Å². The van der Waals surface area contributed by atoms with Gasteiger partial charge in [0.25, 0.3) is 0 Å². The summed E-state index contributed by atoms with van der Waals surface area (Å²) in [7, 11) is 2.78. The molecule has 5 heteroatoms. The number of hydrogen-bond donors (Lipinski definition) is 0. The molecule has 0 saturated carbocycles. The van der Waals surface area contributed by atoms with Crippen molar-refractivity contribution in [3.05, 3.63) is 0 Å². The minimum Gasteiger partial charge on any atom is -0.377 e. The summed E-state index contributed by atoms with van der Waals surface area (Å²) in [4.78, 5) is 0. The highest BCUT2D eigenvalue weighted by molar-refractivity contribution is 6.60. The molecular weight excluding hydrogens is 472 g/mol. The van der Waals surface area contributed by atoms with Crippen LogP contribution in [-0.4, -0.2) is 36.0 Å². The molecule has 0 unspecified atom stereocenters. The van der Waals surface area contributed by atoms with Crippen LogP contribution in [0, 0.1) is 0 Å². The maximum atomic E-state index is 5.72.